The van der Waals surface area contributed by atoms with Crippen molar-refractivity contribution in [2.45, 2.75) is 6.54 Å². The first-order valence-corrected chi connectivity index (χ1v) is 14.6. The van der Waals surface area contributed by atoms with Crippen molar-refractivity contribution in [2.75, 3.05) is 14.2 Å². The fourth-order valence-corrected chi connectivity index (χ4v) is 5.84. The van der Waals surface area contributed by atoms with Crippen LogP contribution in [0.2, 0.25) is 0 Å². The smallest absolute Gasteiger partial charge is 0.238 e. The minimum absolute atomic E-state index is 0.250. The lowest BCUT2D eigenvalue weighted by atomic mass is 9.98. The maximum absolute atomic E-state index is 10.4. The van der Waals surface area contributed by atoms with Crippen LogP contribution >= 0.6 is 0 Å². The van der Waals surface area contributed by atoms with Crippen LogP contribution in [0.25, 0.3) is 44.1 Å². The molecule has 0 unspecified atom stereocenters. The largest absolute Gasteiger partial charge is 0.497 e. The summed E-state index contributed by atoms with van der Waals surface area (Å²) in [5.74, 6) is 2.27. The third-order valence-corrected chi connectivity index (χ3v) is 8.09. The van der Waals surface area contributed by atoms with E-state index >= 15 is 0 Å². The van der Waals surface area contributed by atoms with Crippen molar-refractivity contribution in [3.05, 3.63) is 138 Å². The Morgan fingerprint density at radius 2 is 1.40 bits per heavy atom. The van der Waals surface area contributed by atoms with Crippen LogP contribution < -0.4 is 9.47 Å². The van der Waals surface area contributed by atoms with Crippen molar-refractivity contribution in [2.24, 2.45) is 4.99 Å². The molecule has 7 aromatic rings. The van der Waals surface area contributed by atoms with Crippen LogP contribution in [0.4, 0.5) is 5.88 Å². The lowest BCUT2D eigenvalue weighted by molar-refractivity contribution is 0.414. The molecule has 45 heavy (non-hydrogen) atoms. The standard InChI is InChI=1S/C39H29N3O3/c1-43-31-18-14-27(15-19-31)37-35(22-40)39(45-38(37)28-16-20-32(44-2)21-17-28)41-23-30-25-42(36-13-6-5-12-34(30)36)24-29-10-7-9-26-8-3-4-11-33(26)29/h3-21,23,25H,24H2,1-2H3. The second kappa shape index (κ2) is 11.9. The van der Waals surface area contributed by atoms with E-state index in [0.29, 0.717) is 23.4 Å². The Bertz CT molecular complexity index is 2210. The Morgan fingerprint density at radius 3 is 2.11 bits per heavy atom. The minimum atomic E-state index is 0.250. The molecule has 5 aromatic carbocycles. The number of hydrogen-bond donors (Lipinski definition) is 0. The summed E-state index contributed by atoms with van der Waals surface area (Å²) in [7, 11) is 3.26. The van der Waals surface area contributed by atoms with E-state index in [1.165, 1.54) is 16.3 Å². The second-order valence-corrected chi connectivity index (χ2v) is 10.7. The third kappa shape index (κ3) is 5.21. The lowest BCUT2D eigenvalue weighted by Gasteiger charge is -2.09. The fourth-order valence-electron chi connectivity index (χ4n) is 5.84. The van der Waals surface area contributed by atoms with Gasteiger partial charge in [0.15, 0.2) is 0 Å². The predicted molar refractivity (Wildman–Crippen MR) is 180 cm³/mol. The topological polar surface area (TPSA) is 72.7 Å². The Hall–Kier alpha value is -6.06. The molecule has 0 N–H and O–H groups in total. The fraction of sp³-hybridized carbons (Fsp3) is 0.0769. The summed E-state index contributed by atoms with van der Waals surface area (Å²) in [6, 6.07) is 40.7. The number of aliphatic imine (C=N–C) groups is 1. The summed E-state index contributed by atoms with van der Waals surface area (Å²) >= 11 is 0. The van der Waals surface area contributed by atoms with Crippen molar-refractivity contribution >= 4 is 33.8 Å². The van der Waals surface area contributed by atoms with E-state index in [2.05, 4.69) is 71.4 Å². The highest BCUT2D eigenvalue weighted by atomic mass is 16.5. The summed E-state index contributed by atoms with van der Waals surface area (Å²) in [5, 5.41) is 13.9. The molecular formula is C39H29N3O3. The van der Waals surface area contributed by atoms with Gasteiger partial charge in [-0.3, -0.25) is 0 Å². The van der Waals surface area contributed by atoms with E-state index in [4.69, 9.17) is 18.9 Å². The Balaban J connectivity index is 1.32. The molecule has 0 atom stereocenters. The molecule has 6 heteroatoms. The van der Waals surface area contributed by atoms with Gasteiger partial charge in [0.2, 0.25) is 5.88 Å². The number of nitriles is 1. The van der Waals surface area contributed by atoms with Crippen LogP contribution in [0.5, 0.6) is 11.5 Å². The van der Waals surface area contributed by atoms with Crippen molar-refractivity contribution in [3.63, 3.8) is 0 Å². The molecule has 0 aliphatic carbocycles. The molecule has 0 aliphatic heterocycles. The molecule has 0 bridgehead atoms. The molecule has 218 valence electrons. The van der Waals surface area contributed by atoms with Crippen LogP contribution in [0, 0.1) is 11.3 Å². The molecule has 2 aromatic heterocycles. The average molecular weight is 588 g/mol. The monoisotopic (exact) mass is 587 g/mol. The van der Waals surface area contributed by atoms with Gasteiger partial charge in [0.1, 0.15) is 28.9 Å². The highest BCUT2D eigenvalue weighted by Crippen LogP contribution is 2.43. The Labute approximate surface area is 261 Å². The van der Waals surface area contributed by atoms with Crippen molar-refractivity contribution in [1.82, 2.24) is 4.57 Å². The van der Waals surface area contributed by atoms with E-state index in [1.807, 2.05) is 60.7 Å². The summed E-state index contributed by atoms with van der Waals surface area (Å²) in [4.78, 5) is 4.79. The van der Waals surface area contributed by atoms with E-state index in [0.717, 1.165) is 39.1 Å². The molecule has 0 amide bonds. The molecule has 2 heterocycles. The number of hydrogen-bond acceptors (Lipinski definition) is 5. The van der Waals surface area contributed by atoms with Gasteiger partial charge in [0, 0.05) is 46.5 Å². The average Bonchev–Trinajstić information content (AvgIpc) is 3.65. The SMILES string of the molecule is COc1ccc(-c2oc(N=Cc3cn(Cc4cccc5ccccc45)c4ccccc34)c(C#N)c2-c2ccc(OC)cc2)cc1. The van der Waals surface area contributed by atoms with Crippen molar-refractivity contribution < 1.29 is 13.9 Å². The van der Waals surface area contributed by atoms with Gasteiger partial charge >= 0.3 is 0 Å². The highest BCUT2D eigenvalue weighted by molar-refractivity contribution is 6.01. The Morgan fingerprint density at radius 1 is 0.756 bits per heavy atom. The van der Waals surface area contributed by atoms with Gasteiger partial charge in [-0.15, -0.1) is 0 Å². The molecule has 0 saturated heterocycles. The second-order valence-electron chi connectivity index (χ2n) is 10.7. The third-order valence-electron chi connectivity index (χ3n) is 8.09. The number of furan rings is 1. The molecule has 7 rings (SSSR count). The van der Waals surface area contributed by atoms with E-state index < -0.39 is 0 Å². The van der Waals surface area contributed by atoms with Crippen LogP contribution in [-0.4, -0.2) is 25.0 Å². The van der Waals surface area contributed by atoms with Crippen LogP contribution in [0.3, 0.4) is 0 Å². The van der Waals surface area contributed by atoms with Gasteiger partial charge in [-0.2, -0.15) is 5.26 Å². The summed E-state index contributed by atoms with van der Waals surface area (Å²) in [6.07, 6.45) is 3.90. The maximum Gasteiger partial charge on any atom is 0.238 e. The van der Waals surface area contributed by atoms with E-state index in [-0.39, 0.29) is 5.88 Å². The minimum Gasteiger partial charge on any atom is -0.497 e. The first kappa shape index (κ1) is 27.8. The number of benzene rings is 5. The van der Waals surface area contributed by atoms with Gasteiger partial charge < -0.3 is 18.5 Å². The van der Waals surface area contributed by atoms with Gasteiger partial charge in [0.05, 0.1) is 14.2 Å². The first-order chi connectivity index (χ1) is 22.2. The molecule has 0 fully saturated rings. The number of aromatic nitrogens is 1. The zero-order valence-electron chi connectivity index (χ0n) is 24.9. The summed E-state index contributed by atoms with van der Waals surface area (Å²) < 4.78 is 19.4. The molecule has 0 aliphatic rings. The van der Waals surface area contributed by atoms with E-state index in [1.54, 1.807) is 20.4 Å². The van der Waals surface area contributed by atoms with Crippen LogP contribution in [-0.2, 0) is 6.54 Å². The first-order valence-electron chi connectivity index (χ1n) is 14.6. The summed E-state index contributed by atoms with van der Waals surface area (Å²) in [5.41, 5.74) is 5.95. The maximum atomic E-state index is 10.4. The van der Waals surface area contributed by atoms with Crippen molar-refractivity contribution in [3.8, 4) is 40.0 Å². The van der Waals surface area contributed by atoms with Gasteiger partial charge in [-0.25, -0.2) is 4.99 Å². The molecule has 6 nitrogen and oxygen atoms in total. The number of nitrogens with zero attached hydrogens (tertiary/aromatic N) is 3. The quantitative estimate of drug-likeness (QED) is 0.166. The lowest BCUT2D eigenvalue weighted by Crippen LogP contribution is -1.98. The van der Waals surface area contributed by atoms with Crippen molar-refractivity contribution in [1.29, 1.82) is 5.26 Å². The molecule has 0 spiro atoms. The number of ether oxygens (including phenoxy) is 2. The van der Waals surface area contributed by atoms with E-state index in [9.17, 15) is 5.26 Å². The number of para-hydroxylation sites is 1. The van der Waals surface area contributed by atoms with Gasteiger partial charge in [-0.05, 0) is 64.4 Å². The predicted octanol–water partition coefficient (Wildman–Crippen LogP) is 9.41. The number of methoxy groups -OCH3 is 2. The number of rotatable bonds is 8. The molecule has 0 saturated carbocycles. The van der Waals surface area contributed by atoms with Gasteiger partial charge in [-0.1, -0.05) is 72.8 Å². The summed E-state index contributed by atoms with van der Waals surface area (Å²) in [6.45, 7) is 0.711. The molecular weight excluding hydrogens is 558 g/mol. The Kier molecular flexibility index (Phi) is 7.34. The highest BCUT2D eigenvalue weighted by Gasteiger charge is 2.23. The van der Waals surface area contributed by atoms with Crippen LogP contribution in [0.1, 0.15) is 16.7 Å². The normalized spacial score (nSPS) is 11.3. The molecule has 0 radical (unpaired) electrons. The number of fused-ring (bicyclic) bond motifs is 2. The zero-order chi connectivity index (χ0) is 30.8. The zero-order valence-corrected chi connectivity index (χ0v) is 24.9. The van der Waals surface area contributed by atoms with Gasteiger partial charge in [0.25, 0.3) is 0 Å². The van der Waals surface area contributed by atoms with Crippen LogP contribution in [0.15, 0.2) is 131 Å².